The molecule has 0 atom stereocenters. The van der Waals surface area contributed by atoms with E-state index >= 15 is 0 Å². The van der Waals surface area contributed by atoms with Crippen LogP contribution in [0.15, 0.2) is 29.4 Å². The first kappa shape index (κ1) is 16.6. The van der Waals surface area contributed by atoms with Crippen molar-refractivity contribution in [3.05, 3.63) is 46.1 Å². The van der Waals surface area contributed by atoms with E-state index in [1.54, 1.807) is 11.8 Å². The first-order valence-corrected chi connectivity index (χ1v) is 8.44. The number of nitrogens with zero attached hydrogens (tertiary/aromatic N) is 3. The van der Waals surface area contributed by atoms with Crippen molar-refractivity contribution in [2.24, 2.45) is 0 Å². The molecule has 0 saturated carbocycles. The van der Waals surface area contributed by atoms with E-state index < -0.39 is 0 Å². The van der Waals surface area contributed by atoms with Gasteiger partial charge < -0.3 is 5.73 Å². The maximum Gasteiger partial charge on any atom is 0.189 e. The summed E-state index contributed by atoms with van der Waals surface area (Å²) in [4.78, 5) is 8.72. The molecule has 1 heterocycles. The highest BCUT2D eigenvalue weighted by molar-refractivity contribution is 7.99. The molecule has 0 aliphatic heterocycles. The van der Waals surface area contributed by atoms with Crippen LogP contribution >= 0.6 is 23.4 Å². The Bertz CT molecular complexity index is 697. The molecule has 0 spiro atoms. The number of anilines is 1. The molecule has 2 aromatic rings. The van der Waals surface area contributed by atoms with Crippen LogP contribution in [0.1, 0.15) is 36.6 Å². The lowest BCUT2D eigenvalue weighted by Gasteiger charge is -2.09. The van der Waals surface area contributed by atoms with Gasteiger partial charge in [-0.3, -0.25) is 0 Å². The molecule has 1 aromatic carbocycles. The number of nitrogen functional groups attached to an aromatic ring is 1. The van der Waals surface area contributed by atoms with Crippen LogP contribution < -0.4 is 5.73 Å². The summed E-state index contributed by atoms with van der Waals surface area (Å²) in [5, 5.41) is 10.6. The normalized spacial score (nSPS) is 10.4. The van der Waals surface area contributed by atoms with Gasteiger partial charge in [-0.2, -0.15) is 5.26 Å². The van der Waals surface area contributed by atoms with Crippen molar-refractivity contribution in [3.8, 4) is 6.07 Å². The van der Waals surface area contributed by atoms with Crippen molar-refractivity contribution < 1.29 is 0 Å². The molecular formula is C16H17ClN4S. The monoisotopic (exact) mass is 332 g/mol. The summed E-state index contributed by atoms with van der Waals surface area (Å²) in [6.45, 7) is 2.14. The van der Waals surface area contributed by atoms with Crippen molar-refractivity contribution in [3.63, 3.8) is 0 Å². The number of hydrogen-bond acceptors (Lipinski definition) is 5. The highest BCUT2D eigenvalue weighted by atomic mass is 35.5. The molecule has 2 N–H and O–H groups in total. The lowest BCUT2D eigenvalue weighted by atomic mass is 10.1. The van der Waals surface area contributed by atoms with E-state index in [2.05, 4.69) is 23.0 Å². The van der Waals surface area contributed by atoms with Gasteiger partial charge in [-0.25, -0.2) is 9.97 Å². The molecule has 4 nitrogen and oxygen atoms in total. The number of halogens is 1. The molecule has 0 unspecified atom stereocenters. The number of aromatic nitrogens is 2. The quantitative estimate of drug-likeness (QED) is 0.490. The van der Waals surface area contributed by atoms with Crippen molar-refractivity contribution in [1.29, 1.82) is 5.26 Å². The molecular weight excluding hydrogens is 316 g/mol. The Balaban J connectivity index is 2.32. The van der Waals surface area contributed by atoms with Crippen LogP contribution in [-0.4, -0.2) is 15.7 Å². The highest BCUT2D eigenvalue weighted by Crippen LogP contribution is 2.24. The number of nitrogens with two attached hydrogens (primary N) is 1. The predicted octanol–water partition coefficient (Wildman–Crippen LogP) is 4.07. The second-order valence-electron chi connectivity index (χ2n) is 4.80. The van der Waals surface area contributed by atoms with Crippen LogP contribution in [-0.2, 0) is 6.42 Å². The summed E-state index contributed by atoms with van der Waals surface area (Å²) in [7, 11) is 0. The van der Waals surface area contributed by atoms with Crippen molar-refractivity contribution in [2.45, 2.75) is 31.3 Å². The Kier molecular flexibility index (Phi) is 6.05. The van der Waals surface area contributed by atoms with Gasteiger partial charge in [0, 0.05) is 17.2 Å². The standard InChI is InChI=1S/C16H17ClN4S/c1-2-3-8-22-16-20-14(12(10-18)15(19)21-16)9-11-6-4-5-7-13(11)17/h4-7H,2-3,8-9H2,1H3,(H2,19,20,21). The first-order valence-electron chi connectivity index (χ1n) is 7.08. The van der Waals surface area contributed by atoms with Gasteiger partial charge in [0.1, 0.15) is 17.5 Å². The zero-order valence-corrected chi connectivity index (χ0v) is 13.9. The zero-order valence-electron chi connectivity index (χ0n) is 12.3. The van der Waals surface area contributed by atoms with Gasteiger partial charge in [0.2, 0.25) is 0 Å². The van der Waals surface area contributed by atoms with Gasteiger partial charge >= 0.3 is 0 Å². The van der Waals surface area contributed by atoms with Crippen LogP contribution in [0.5, 0.6) is 0 Å². The van der Waals surface area contributed by atoms with Gasteiger partial charge in [-0.15, -0.1) is 0 Å². The number of benzene rings is 1. The summed E-state index contributed by atoms with van der Waals surface area (Å²) in [6, 6.07) is 9.63. The summed E-state index contributed by atoms with van der Waals surface area (Å²) >= 11 is 7.75. The third-order valence-electron chi connectivity index (χ3n) is 3.15. The second kappa shape index (κ2) is 8.02. The number of unbranched alkanes of at least 4 members (excludes halogenated alkanes) is 1. The predicted molar refractivity (Wildman–Crippen MR) is 91.0 cm³/mol. The maximum absolute atomic E-state index is 9.30. The SMILES string of the molecule is CCCCSc1nc(N)c(C#N)c(Cc2ccccc2Cl)n1. The Morgan fingerprint density at radius 1 is 1.32 bits per heavy atom. The lowest BCUT2D eigenvalue weighted by molar-refractivity contribution is 0.876. The minimum Gasteiger partial charge on any atom is -0.382 e. The van der Waals surface area contributed by atoms with E-state index in [4.69, 9.17) is 17.3 Å². The fraction of sp³-hybridized carbons (Fsp3) is 0.312. The minimum absolute atomic E-state index is 0.235. The average molecular weight is 333 g/mol. The Morgan fingerprint density at radius 3 is 2.77 bits per heavy atom. The van der Waals surface area contributed by atoms with Gasteiger partial charge in [0.25, 0.3) is 0 Å². The third kappa shape index (κ3) is 4.12. The summed E-state index contributed by atoms with van der Waals surface area (Å²) in [5.41, 5.74) is 7.79. The fourth-order valence-electron chi connectivity index (χ4n) is 1.95. The second-order valence-corrected chi connectivity index (χ2v) is 6.26. The van der Waals surface area contributed by atoms with Crippen LogP contribution in [0.4, 0.5) is 5.82 Å². The number of rotatable bonds is 6. The van der Waals surface area contributed by atoms with E-state index in [-0.39, 0.29) is 5.82 Å². The smallest absolute Gasteiger partial charge is 0.189 e. The highest BCUT2D eigenvalue weighted by Gasteiger charge is 2.14. The Labute approximate surface area is 139 Å². The van der Waals surface area contributed by atoms with E-state index in [1.165, 1.54) is 0 Å². The molecule has 0 saturated heterocycles. The van der Waals surface area contributed by atoms with Crippen molar-refractivity contribution >= 4 is 29.2 Å². The zero-order chi connectivity index (χ0) is 15.9. The fourth-order valence-corrected chi connectivity index (χ4v) is 3.10. The minimum atomic E-state index is 0.235. The lowest BCUT2D eigenvalue weighted by Crippen LogP contribution is -2.06. The van der Waals surface area contributed by atoms with Crippen LogP contribution in [0.25, 0.3) is 0 Å². The van der Waals surface area contributed by atoms with Crippen LogP contribution in [0.3, 0.4) is 0 Å². The first-order chi connectivity index (χ1) is 10.7. The Hall–Kier alpha value is -1.77. The molecule has 2 rings (SSSR count). The van der Waals surface area contributed by atoms with E-state index in [0.29, 0.717) is 27.9 Å². The average Bonchev–Trinajstić information content (AvgIpc) is 2.50. The molecule has 0 fully saturated rings. The third-order valence-corrected chi connectivity index (χ3v) is 4.45. The Morgan fingerprint density at radius 2 is 2.09 bits per heavy atom. The van der Waals surface area contributed by atoms with Gasteiger partial charge in [0.05, 0.1) is 5.69 Å². The summed E-state index contributed by atoms with van der Waals surface area (Å²) in [5.74, 6) is 1.17. The molecule has 0 amide bonds. The molecule has 6 heteroatoms. The van der Waals surface area contributed by atoms with Crippen molar-refractivity contribution in [2.75, 3.05) is 11.5 Å². The molecule has 114 valence electrons. The van der Waals surface area contributed by atoms with E-state index in [0.717, 1.165) is 24.2 Å². The van der Waals surface area contributed by atoms with Gasteiger partial charge in [-0.1, -0.05) is 54.9 Å². The maximum atomic E-state index is 9.30. The molecule has 0 aliphatic carbocycles. The van der Waals surface area contributed by atoms with Crippen molar-refractivity contribution in [1.82, 2.24) is 9.97 Å². The van der Waals surface area contributed by atoms with Gasteiger partial charge in [-0.05, 0) is 18.1 Å². The van der Waals surface area contributed by atoms with E-state index in [1.807, 2.05) is 24.3 Å². The van der Waals surface area contributed by atoms with Crippen LogP contribution in [0, 0.1) is 11.3 Å². The number of thioether (sulfide) groups is 1. The molecule has 22 heavy (non-hydrogen) atoms. The summed E-state index contributed by atoms with van der Waals surface area (Å²) < 4.78 is 0. The number of nitriles is 1. The molecule has 0 bridgehead atoms. The molecule has 0 aliphatic rings. The van der Waals surface area contributed by atoms with Crippen LogP contribution in [0.2, 0.25) is 5.02 Å². The van der Waals surface area contributed by atoms with Gasteiger partial charge in [0.15, 0.2) is 5.16 Å². The number of hydrogen-bond donors (Lipinski definition) is 1. The largest absolute Gasteiger partial charge is 0.382 e. The topological polar surface area (TPSA) is 75.6 Å². The molecule has 0 radical (unpaired) electrons. The van der Waals surface area contributed by atoms with E-state index in [9.17, 15) is 5.26 Å². The molecule has 1 aromatic heterocycles. The summed E-state index contributed by atoms with van der Waals surface area (Å²) in [6.07, 6.45) is 2.68.